The van der Waals surface area contributed by atoms with E-state index in [9.17, 15) is 0 Å². The van der Waals surface area contributed by atoms with Crippen molar-refractivity contribution >= 4 is 11.6 Å². The monoisotopic (exact) mass is 251 g/mol. The Kier molecular flexibility index (Phi) is 4.11. The second-order valence-electron chi connectivity index (χ2n) is 5.66. The third-order valence-electron chi connectivity index (χ3n) is 3.51. The Morgan fingerprint density at radius 1 is 1.41 bits per heavy atom. The van der Waals surface area contributed by atoms with Crippen LogP contribution in [-0.4, -0.2) is 13.1 Å². The standard InChI is InChI=1S/C15H22ClN/c1-10(2)8-17-9-13-6-14(13)12-5-4-11(3)15(16)7-12/h4-5,7,10,13-14,17H,6,8-9H2,1-3H3. The molecule has 0 amide bonds. The minimum absolute atomic E-state index is 0.729. The molecule has 1 N–H and O–H groups in total. The molecule has 0 bridgehead atoms. The Bertz CT molecular complexity index is 387. The summed E-state index contributed by atoms with van der Waals surface area (Å²) in [6, 6.07) is 6.51. The highest BCUT2D eigenvalue weighted by Gasteiger charge is 2.37. The first kappa shape index (κ1) is 12.9. The zero-order chi connectivity index (χ0) is 12.4. The molecule has 1 aromatic carbocycles. The fourth-order valence-electron chi connectivity index (χ4n) is 2.28. The summed E-state index contributed by atoms with van der Waals surface area (Å²) in [5.74, 6) is 2.28. The van der Waals surface area contributed by atoms with Crippen molar-refractivity contribution in [3.05, 3.63) is 34.3 Å². The van der Waals surface area contributed by atoms with E-state index in [0.717, 1.165) is 35.9 Å². The number of nitrogens with one attached hydrogen (secondary N) is 1. The van der Waals surface area contributed by atoms with E-state index in [1.54, 1.807) is 0 Å². The molecule has 2 heteroatoms. The Balaban J connectivity index is 1.83. The van der Waals surface area contributed by atoms with Gasteiger partial charge in [-0.3, -0.25) is 0 Å². The van der Waals surface area contributed by atoms with Gasteiger partial charge in [0.25, 0.3) is 0 Å². The summed E-state index contributed by atoms with van der Waals surface area (Å²) in [7, 11) is 0. The molecule has 0 aromatic heterocycles. The lowest BCUT2D eigenvalue weighted by atomic mass is 10.1. The van der Waals surface area contributed by atoms with Crippen molar-refractivity contribution in [2.75, 3.05) is 13.1 Å². The van der Waals surface area contributed by atoms with Gasteiger partial charge in [-0.05, 0) is 61.4 Å². The average molecular weight is 252 g/mol. The number of aryl methyl sites for hydroxylation is 1. The van der Waals surface area contributed by atoms with Crippen molar-refractivity contribution in [1.29, 1.82) is 0 Å². The highest BCUT2D eigenvalue weighted by Crippen LogP contribution is 2.47. The van der Waals surface area contributed by atoms with Gasteiger partial charge in [0, 0.05) is 5.02 Å². The van der Waals surface area contributed by atoms with E-state index >= 15 is 0 Å². The van der Waals surface area contributed by atoms with Crippen molar-refractivity contribution in [3.63, 3.8) is 0 Å². The van der Waals surface area contributed by atoms with Gasteiger partial charge < -0.3 is 5.32 Å². The number of halogens is 1. The quantitative estimate of drug-likeness (QED) is 0.834. The Morgan fingerprint density at radius 3 is 2.82 bits per heavy atom. The minimum atomic E-state index is 0.729. The third kappa shape index (κ3) is 3.46. The first-order valence-electron chi connectivity index (χ1n) is 6.54. The SMILES string of the molecule is Cc1ccc(C2CC2CNCC(C)C)cc1Cl. The fourth-order valence-corrected chi connectivity index (χ4v) is 2.47. The lowest BCUT2D eigenvalue weighted by molar-refractivity contribution is 0.532. The van der Waals surface area contributed by atoms with Gasteiger partial charge in [-0.2, -0.15) is 0 Å². The molecule has 0 heterocycles. The van der Waals surface area contributed by atoms with Gasteiger partial charge in [0.2, 0.25) is 0 Å². The molecular weight excluding hydrogens is 230 g/mol. The van der Waals surface area contributed by atoms with E-state index in [4.69, 9.17) is 11.6 Å². The van der Waals surface area contributed by atoms with Crippen LogP contribution in [-0.2, 0) is 0 Å². The topological polar surface area (TPSA) is 12.0 Å². The highest BCUT2D eigenvalue weighted by molar-refractivity contribution is 6.31. The van der Waals surface area contributed by atoms with Gasteiger partial charge in [-0.15, -0.1) is 0 Å². The molecular formula is C15H22ClN. The van der Waals surface area contributed by atoms with Crippen molar-refractivity contribution < 1.29 is 0 Å². The van der Waals surface area contributed by atoms with Crippen LogP contribution in [0.1, 0.15) is 37.3 Å². The lowest BCUT2D eigenvalue weighted by Crippen LogP contribution is -2.22. The smallest absolute Gasteiger partial charge is 0.0438 e. The van der Waals surface area contributed by atoms with Crippen LogP contribution in [0.3, 0.4) is 0 Å². The summed E-state index contributed by atoms with van der Waals surface area (Å²) in [6.45, 7) is 8.82. The summed E-state index contributed by atoms with van der Waals surface area (Å²) >= 11 is 6.16. The molecule has 1 fully saturated rings. The van der Waals surface area contributed by atoms with Crippen LogP contribution >= 0.6 is 11.6 Å². The predicted octanol–water partition coefficient (Wildman–Crippen LogP) is 4.00. The maximum atomic E-state index is 6.16. The zero-order valence-electron chi connectivity index (χ0n) is 11.0. The first-order chi connectivity index (χ1) is 8.08. The molecule has 1 aromatic rings. The maximum absolute atomic E-state index is 6.16. The zero-order valence-corrected chi connectivity index (χ0v) is 11.7. The van der Waals surface area contributed by atoms with E-state index in [0.29, 0.717) is 0 Å². The van der Waals surface area contributed by atoms with Crippen LogP contribution < -0.4 is 5.32 Å². The molecule has 0 spiro atoms. The van der Waals surface area contributed by atoms with E-state index in [2.05, 4.69) is 44.3 Å². The van der Waals surface area contributed by atoms with E-state index < -0.39 is 0 Å². The maximum Gasteiger partial charge on any atom is 0.0438 e. The third-order valence-corrected chi connectivity index (χ3v) is 3.91. The van der Waals surface area contributed by atoms with Crippen molar-refractivity contribution in [3.8, 4) is 0 Å². The summed E-state index contributed by atoms with van der Waals surface area (Å²) in [5.41, 5.74) is 2.59. The van der Waals surface area contributed by atoms with E-state index in [-0.39, 0.29) is 0 Å². The van der Waals surface area contributed by atoms with Crippen LogP contribution in [0.15, 0.2) is 18.2 Å². The number of hydrogen-bond donors (Lipinski definition) is 1. The van der Waals surface area contributed by atoms with Crippen LogP contribution in [0.5, 0.6) is 0 Å². The summed E-state index contributed by atoms with van der Waals surface area (Å²) < 4.78 is 0. The number of benzene rings is 1. The van der Waals surface area contributed by atoms with Crippen LogP contribution in [0.4, 0.5) is 0 Å². The second kappa shape index (κ2) is 5.41. The Labute approximate surface area is 110 Å². The Morgan fingerprint density at radius 2 is 2.18 bits per heavy atom. The number of hydrogen-bond acceptors (Lipinski definition) is 1. The van der Waals surface area contributed by atoms with Gasteiger partial charge in [-0.1, -0.05) is 37.6 Å². The molecule has 0 aliphatic heterocycles. The number of rotatable bonds is 5. The van der Waals surface area contributed by atoms with Crippen LogP contribution in [0, 0.1) is 18.8 Å². The van der Waals surface area contributed by atoms with Crippen LogP contribution in [0.25, 0.3) is 0 Å². The van der Waals surface area contributed by atoms with Gasteiger partial charge in [0.05, 0.1) is 0 Å². The van der Waals surface area contributed by atoms with Gasteiger partial charge in [0.1, 0.15) is 0 Å². The molecule has 94 valence electrons. The predicted molar refractivity (Wildman–Crippen MR) is 74.7 cm³/mol. The molecule has 1 aliphatic carbocycles. The van der Waals surface area contributed by atoms with Gasteiger partial charge >= 0.3 is 0 Å². The van der Waals surface area contributed by atoms with E-state index in [1.807, 2.05) is 0 Å². The molecule has 1 aliphatic rings. The lowest BCUT2D eigenvalue weighted by Gasteiger charge is -2.07. The molecule has 2 rings (SSSR count). The molecule has 17 heavy (non-hydrogen) atoms. The van der Waals surface area contributed by atoms with Crippen molar-refractivity contribution in [1.82, 2.24) is 5.32 Å². The van der Waals surface area contributed by atoms with Gasteiger partial charge in [0.15, 0.2) is 0 Å². The summed E-state index contributed by atoms with van der Waals surface area (Å²) in [6.07, 6.45) is 1.31. The average Bonchev–Trinajstić information content (AvgIpc) is 3.01. The van der Waals surface area contributed by atoms with Crippen LogP contribution in [0.2, 0.25) is 5.02 Å². The highest BCUT2D eigenvalue weighted by atomic mass is 35.5. The normalized spacial score (nSPS) is 23.1. The summed E-state index contributed by atoms with van der Waals surface area (Å²) in [4.78, 5) is 0. The van der Waals surface area contributed by atoms with E-state index in [1.165, 1.54) is 17.5 Å². The van der Waals surface area contributed by atoms with Crippen molar-refractivity contribution in [2.45, 2.75) is 33.1 Å². The molecule has 1 saturated carbocycles. The molecule has 1 nitrogen and oxygen atoms in total. The second-order valence-corrected chi connectivity index (χ2v) is 6.07. The molecule has 0 saturated heterocycles. The molecule has 2 unspecified atom stereocenters. The minimum Gasteiger partial charge on any atom is -0.316 e. The Hall–Kier alpha value is -0.530. The summed E-state index contributed by atoms with van der Waals surface area (Å²) in [5, 5.41) is 4.45. The fraction of sp³-hybridized carbons (Fsp3) is 0.600. The molecule has 0 radical (unpaired) electrons. The molecule has 2 atom stereocenters. The first-order valence-corrected chi connectivity index (χ1v) is 6.92. The van der Waals surface area contributed by atoms with Gasteiger partial charge in [-0.25, -0.2) is 0 Å². The largest absolute Gasteiger partial charge is 0.316 e. The van der Waals surface area contributed by atoms with Crippen molar-refractivity contribution in [2.24, 2.45) is 11.8 Å².